The van der Waals surface area contributed by atoms with Gasteiger partial charge in [-0.3, -0.25) is 0 Å². The highest BCUT2D eigenvalue weighted by atomic mass is 16.5. The molecule has 1 aromatic heterocycles. The molecule has 106 valence electrons. The molecule has 0 amide bonds. The average molecular weight is 271 g/mol. The number of rotatable bonds is 5. The smallest absolute Gasteiger partial charge is 0.0645 e. The van der Waals surface area contributed by atoms with Crippen LogP contribution in [0.25, 0.3) is 5.69 Å². The van der Waals surface area contributed by atoms with E-state index in [4.69, 9.17) is 4.74 Å². The standard InChI is InChI=1S/C16H21N3O/c1-18(12-15-7-10-20-13-15)11-14-3-5-16(6-4-14)19-9-2-8-17-19/h2-6,8-9,15H,7,10-13H2,1H3. The first-order chi connectivity index (χ1) is 9.81. The van der Waals surface area contributed by atoms with Crippen LogP contribution in [0.15, 0.2) is 42.7 Å². The molecule has 2 aromatic rings. The number of aromatic nitrogens is 2. The van der Waals surface area contributed by atoms with Gasteiger partial charge in [0.05, 0.1) is 12.3 Å². The van der Waals surface area contributed by atoms with E-state index in [2.05, 4.69) is 41.3 Å². The molecule has 0 saturated carbocycles. The number of hydrogen-bond donors (Lipinski definition) is 0. The maximum absolute atomic E-state index is 5.43. The van der Waals surface area contributed by atoms with Crippen LogP contribution in [0.2, 0.25) is 0 Å². The molecule has 1 atom stereocenters. The van der Waals surface area contributed by atoms with Crippen LogP contribution in [-0.4, -0.2) is 41.5 Å². The molecule has 1 saturated heterocycles. The van der Waals surface area contributed by atoms with Gasteiger partial charge >= 0.3 is 0 Å². The fraction of sp³-hybridized carbons (Fsp3) is 0.438. The minimum atomic E-state index is 0.698. The van der Waals surface area contributed by atoms with Gasteiger partial charge < -0.3 is 9.64 Å². The van der Waals surface area contributed by atoms with Gasteiger partial charge in [-0.2, -0.15) is 5.10 Å². The maximum atomic E-state index is 5.43. The van der Waals surface area contributed by atoms with Crippen LogP contribution in [0.5, 0.6) is 0 Å². The Morgan fingerprint density at radius 3 is 2.85 bits per heavy atom. The van der Waals surface area contributed by atoms with E-state index in [9.17, 15) is 0 Å². The van der Waals surface area contributed by atoms with E-state index in [1.54, 1.807) is 6.20 Å². The van der Waals surface area contributed by atoms with Gasteiger partial charge in [0.25, 0.3) is 0 Å². The summed E-state index contributed by atoms with van der Waals surface area (Å²) in [6.07, 6.45) is 4.95. The van der Waals surface area contributed by atoms with E-state index in [1.165, 1.54) is 12.0 Å². The van der Waals surface area contributed by atoms with Crippen LogP contribution < -0.4 is 0 Å². The third-order valence-corrected chi connectivity index (χ3v) is 3.75. The summed E-state index contributed by atoms with van der Waals surface area (Å²) in [4.78, 5) is 2.38. The van der Waals surface area contributed by atoms with Gasteiger partial charge in [0.2, 0.25) is 0 Å². The quantitative estimate of drug-likeness (QED) is 0.836. The summed E-state index contributed by atoms with van der Waals surface area (Å²) in [5.74, 6) is 0.698. The van der Waals surface area contributed by atoms with Crippen molar-refractivity contribution in [2.45, 2.75) is 13.0 Å². The number of hydrogen-bond acceptors (Lipinski definition) is 3. The summed E-state index contributed by atoms with van der Waals surface area (Å²) >= 11 is 0. The molecule has 0 spiro atoms. The molecular weight excluding hydrogens is 250 g/mol. The normalized spacial score (nSPS) is 18.8. The highest BCUT2D eigenvalue weighted by Gasteiger charge is 2.17. The Bertz CT molecular complexity index is 515. The fourth-order valence-electron chi connectivity index (χ4n) is 2.72. The minimum absolute atomic E-state index is 0.698. The molecule has 20 heavy (non-hydrogen) atoms. The summed E-state index contributed by atoms with van der Waals surface area (Å²) in [7, 11) is 2.18. The lowest BCUT2D eigenvalue weighted by molar-refractivity contribution is 0.173. The highest BCUT2D eigenvalue weighted by Crippen LogP contribution is 2.15. The average Bonchev–Trinajstić information content (AvgIpc) is 3.12. The SMILES string of the molecule is CN(Cc1ccc(-n2cccn2)cc1)CC1CCOC1. The largest absolute Gasteiger partial charge is 0.381 e. The zero-order valence-electron chi connectivity index (χ0n) is 11.9. The Morgan fingerprint density at radius 2 is 2.20 bits per heavy atom. The molecule has 4 heteroatoms. The summed E-state index contributed by atoms with van der Waals surface area (Å²) in [5, 5.41) is 4.24. The Kier molecular flexibility index (Phi) is 4.14. The second kappa shape index (κ2) is 6.20. The number of benzene rings is 1. The van der Waals surface area contributed by atoms with Crippen molar-refractivity contribution in [1.82, 2.24) is 14.7 Å². The minimum Gasteiger partial charge on any atom is -0.381 e. The first-order valence-electron chi connectivity index (χ1n) is 7.16. The van der Waals surface area contributed by atoms with E-state index in [1.807, 2.05) is 16.9 Å². The summed E-state index contributed by atoms with van der Waals surface area (Å²) < 4.78 is 7.31. The van der Waals surface area contributed by atoms with Crippen LogP contribution in [0.1, 0.15) is 12.0 Å². The molecular formula is C16H21N3O. The van der Waals surface area contributed by atoms with Gasteiger partial charge in [-0.15, -0.1) is 0 Å². The second-order valence-corrected chi connectivity index (χ2v) is 5.54. The molecule has 0 radical (unpaired) electrons. The Balaban J connectivity index is 1.57. The van der Waals surface area contributed by atoms with Crippen molar-refractivity contribution in [3.63, 3.8) is 0 Å². The van der Waals surface area contributed by atoms with Gasteiger partial charge in [0.15, 0.2) is 0 Å². The molecule has 4 nitrogen and oxygen atoms in total. The van der Waals surface area contributed by atoms with Crippen molar-refractivity contribution in [2.75, 3.05) is 26.8 Å². The zero-order chi connectivity index (χ0) is 13.8. The highest BCUT2D eigenvalue weighted by molar-refractivity contribution is 5.33. The van der Waals surface area contributed by atoms with E-state index < -0.39 is 0 Å². The third kappa shape index (κ3) is 3.26. The lowest BCUT2D eigenvalue weighted by atomic mass is 10.1. The van der Waals surface area contributed by atoms with Crippen LogP contribution in [0, 0.1) is 5.92 Å². The Hall–Kier alpha value is -1.65. The van der Waals surface area contributed by atoms with Crippen molar-refractivity contribution >= 4 is 0 Å². The lowest BCUT2D eigenvalue weighted by Gasteiger charge is -2.20. The van der Waals surface area contributed by atoms with Gasteiger partial charge in [0.1, 0.15) is 0 Å². The Labute approximate surface area is 120 Å². The van der Waals surface area contributed by atoms with E-state index >= 15 is 0 Å². The monoisotopic (exact) mass is 271 g/mol. The fourth-order valence-corrected chi connectivity index (χ4v) is 2.72. The van der Waals surface area contributed by atoms with Crippen molar-refractivity contribution in [1.29, 1.82) is 0 Å². The first kappa shape index (κ1) is 13.3. The third-order valence-electron chi connectivity index (χ3n) is 3.75. The van der Waals surface area contributed by atoms with Crippen molar-refractivity contribution in [3.8, 4) is 5.69 Å². The van der Waals surface area contributed by atoms with Gasteiger partial charge in [0, 0.05) is 32.1 Å². The van der Waals surface area contributed by atoms with E-state index in [0.717, 1.165) is 32.0 Å². The Morgan fingerprint density at radius 1 is 1.35 bits per heavy atom. The van der Waals surface area contributed by atoms with Crippen LogP contribution in [-0.2, 0) is 11.3 Å². The predicted octanol–water partition coefficient (Wildman–Crippen LogP) is 2.34. The molecule has 0 aliphatic carbocycles. The van der Waals surface area contributed by atoms with Crippen LogP contribution in [0.3, 0.4) is 0 Å². The van der Waals surface area contributed by atoms with E-state index in [-0.39, 0.29) is 0 Å². The molecule has 0 bridgehead atoms. The molecule has 1 aliphatic heterocycles. The molecule has 1 aliphatic rings. The van der Waals surface area contributed by atoms with E-state index in [0.29, 0.717) is 5.92 Å². The topological polar surface area (TPSA) is 30.3 Å². The molecule has 1 unspecified atom stereocenters. The van der Waals surface area contributed by atoms with Gasteiger partial charge in [-0.05, 0) is 43.1 Å². The summed E-state index contributed by atoms with van der Waals surface area (Å²) in [6.45, 7) is 3.94. The lowest BCUT2D eigenvalue weighted by Crippen LogP contribution is -2.25. The predicted molar refractivity (Wildman–Crippen MR) is 78.8 cm³/mol. The number of nitrogens with zero attached hydrogens (tertiary/aromatic N) is 3. The van der Waals surface area contributed by atoms with Crippen molar-refractivity contribution in [2.24, 2.45) is 5.92 Å². The van der Waals surface area contributed by atoms with Crippen molar-refractivity contribution in [3.05, 3.63) is 48.3 Å². The van der Waals surface area contributed by atoms with Gasteiger partial charge in [-0.1, -0.05) is 12.1 Å². The molecule has 1 aromatic carbocycles. The molecule has 1 fully saturated rings. The second-order valence-electron chi connectivity index (χ2n) is 5.54. The van der Waals surface area contributed by atoms with Crippen molar-refractivity contribution < 1.29 is 4.74 Å². The zero-order valence-corrected chi connectivity index (χ0v) is 11.9. The molecule has 2 heterocycles. The molecule has 0 N–H and O–H groups in total. The molecule has 3 rings (SSSR count). The summed E-state index contributed by atoms with van der Waals surface area (Å²) in [6, 6.07) is 10.5. The number of ether oxygens (including phenoxy) is 1. The van der Waals surface area contributed by atoms with Crippen LogP contribution >= 0.6 is 0 Å². The van der Waals surface area contributed by atoms with Gasteiger partial charge in [-0.25, -0.2) is 4.68 Å². The summed E-state index contributed by atoms with van der Waals surface area (Å²) in [5.41, 5.74) is 2.44. The van der Waals surface area contributed by atoms with Crippen LogP contribution in [0.4, 0.5) is 0 Å². The first-order valence-corrected chi connectivity index (χ1v) is 7.16. The maximum Gasteiger partial charge on any atom is 0.0645 e.